The molecule has 0 aromatic carbocycles. The summed E-state index contributed by atoms with van der Waals surface area (Å²) in [6.45, 7) is 1.76. The molecule has 0 rings (SSSR count). The lowest BCUT2D eigenvalue weighted by Gasteiger charge is -2.04. The van der Waals surface area contributed by atoms with Crippen LogP contribution in [0.5, 0.6) is 0 Å². The Morgan fingerprint density at radius 1 is 0.241 bits per heavy atom. The van der Waals surface area contributed by atoms with Crippen LogP contribution in [0.25, 0.3) is 0 Å². The molecule has 0 fully saturated rings. The van der Waals surface area contributed by atoms with Crippen LogP contribution in [0.1, 0.15) is 0 Å². The molecule has 0 aliphatic heterocycles. The predicted octanol–water partition coefficient (Wildman–Crippen LogP) is -5.10. The summed E-state index contributed by atoms with van der Waals surface area (Å²) < 4.78 is 15.0. The molecule has 0 radical (unpaired) electrons. The lowest BCUT2D eigenvalue weighted by atomic mass is 10.7. The first-order chi connectivity index (χ1) is 14.1. The van der Waals surface area contributed by atoms with Crippen molar-refractivity contribution in [3.05, 3.63) is 0 Å². The Labute approximate surface area is 172 Å². The molecule has 0 heterocycles. The Hall–Kier alpha value is -0.520. The van der Waals surface area contributed by atoms with Crippen molar-refractivity contribution in [3.63, 3.8) is 0 Å². The molecule has 0 saturated heterocycles. The average molecular weight is 442 g/mol. The van der Waals surface area contributed by atoms with Crippen LogP contribution in [0.3, 0.4) is 0 Å². The van der Waals surface area contributed by atoms with Crippen molar-refractivity contribution >= 4 is 0 Å². The molecule has 10 N–H and O–H groups in total. The van der Waals surface area contributed by atoms with Gasteiger partial charge in [-0.1, -0.05) is 0 Å². The molecule has 0 amide bonds. The maximum absolute atomic E-state index is 8.36. The van der Waals surface area contributed by atoms with Crippen LogP contribution in [0.15, 0.2) is 0 Å². The first-order valence-corrected chi connectivity index (χ1v) is 8.89. The van der Waals surface area contributed by atoms with E-state index in [2.05, 4.69) is 0 Å². The molecule has 0 saturated carbocycles. The second kappa shape index (κ2) is 56.4. The Morgan fingerprint density at radius 2 is 0.414 bits per heavy atom. The second-order valence-corrected chi connectivity index (χ2v) is 4.07. The third kappa shape index (κ3) is 98.2. The minimum Gasteiger partial charge on any atom is -0.394 e. The molecule has 0 aromatic heterocycles. The zero-order valence-corrected chi connectivity index (χ0v) is 17.0. The number of rotatable bonds is 14. The first kappa shape index (κ1) is 39.0. The van der Waals surface area contributed by atoms with Gasteiger partial charge in [-0.05, 0) is 0 Å². The fraction of sp³-hybridized carbons (Fsp3) is 1.00. The topological polar surface area (TPSA) is 230 Å². The quantitative estimate of drug-likeness (QED) is 0.114. The van der Waals surface area contributed by atoms with Gasteiger partial charge in [-0.15, -0.1) is 0 Å². The molecule has 0 unspecified atom stereocenters. The predicted molar refractivity (Wildman–Crippen MR) is 103 cm³/mol. The summed E-state index contributed by atoms with van der Waals surface area (Å²) >= 11 is 0. The summed E-state index contributed by atoms with van der Waals surface area (Å²) in [6, 6.07) is 0. The minimum atomic E-state index is -0.125. The molecule has 0 bridgehead atoms. The van der Waals surface area contributed by atoms with Crippen molar-refractivity contribution < 1.29 is 65.3 Å². The van der Waals surface area contributed by atoms with Gasteiger partial charge in [0.2, 0.25) is 0 Å². The largest absolute Gasteiger partial charge is 0.394 e. The van der Waals surface area contributed by atoms with Crippen molar-refractivity contribution in [1.82, 2.24) is 0 Å². The van der Waals surface area contributed by atoms with Gasteiger partial charge in [0.1, 0.15) is 0 Å². The van der Waals surface area contributed by atoms with E-state index in [1.54, 1.807) is 0 Å². The molecule has 0 aliphatic rings. The fourth-order valence-electron chi connectivity index (χ4n) is 0.671. The van der Waals surface area contributed by atoms with Crippen LogP contribution >= 0.6 is 0 Å². The van der Waals surface area contributed by atoms with Gasteiger partial charge >= 0.3 is 0 Å². The van der Waals surface area contributed by atoms with Crippen LogP contribution in [0.4, 0.5) is 0 Å². The summed E-state index contributed by atoms with van der Waals surface area (Å²) in [4.78, 5) is 0. The standard InChI is InChI=1S/C8H18O5.4C2H6O2/c9-1-3-11-5-7-13-8-6-12-4-2-10;4*3-1-2-4/h9-10H,1-8H2;4*3-4H,1-2H2. The van der Waals surface area contributed by atoms with E-state index in [0.717, 1.165) is 0 Å². The third-order valence-corrected chi connectivity index (χ3v) is 1.62. The maximum Gasteiger partial charge on any atom is 0.0701 e. The second-order valence-electron chi connectivity index (χ2n) is 4.07. The van der Waals surface area contributed by atoms with Gasteiger partial charge < -0.3 is 65.3 Å². The summed E-state index contributed by atoms with van der Waals surface area (Å²) in [5, 5.41) is 77.7. The van der Waals surface area contributed by atoms with E-state index in [-0.39, 0.29) is 66.1 Å². The van der Waals surface area contributed by atoms with Crippen molar-refractivity contribution in [2.45, 2.75) is 0 Å². The van der Waals surface area contributed by atoms with E-state index in [1.807, 2.05) is 0 Å². The number of hydrogen-bond acceptors (Lipinski definition) is 13. The highest BCUT2D eigenvalue weighted by Gasteiger charge is 1.89. The Bertz CT molecular complexity index is 156. The number of aliphatic hydroxyl groups excluding tert-OH is 10. The Kier molecular flexibility index (Phi) is 75.9. The van der Waals surface area contributed by atoms with Crippen molar-refractivity contribution in [2.24, 2.45) is 0 Å². The van der Waals surface area contributed by atoms with Gasteiger partial charge in [-0.2, -0.15) is 0 Å². The van der Waals surface area contributed by atoms with E-state index >= 15 is 0 Å². The highest BCUT2D eigenvalue weighted by molar-refractivity contribution is 4.33. The molecule has 0 spiro atoms. The van der Waals surface area contributed by atoms with Crippen LogP contribution in [0.2, 0.25) is 0 Å². The van der Waals surface area contributed by atoms with Gasteiger partial charge in [-0.25, -0.2) is 0 Å². The zero-order chi connectivity index (χ0) is 23.4. The SMILES string of the molecule is OCCO.OCCO.OCCO.OCCO.OCCOCCOCCOCCO. The summed E-state index contributed by atoms with van der Waals surface area (Å²) in [5.41, 5.74) is 0. The molecule has 29 heavy (non-hydrogen) atoms. The van der Waals surface area contributed by atoms with Crippen LogP contribution in [-0.2, 0) is 14.2 Å². The highest BCUT2D eigenvalue weighted by Crippen LogP contribution is 1.80. The summed E-state index contributed by atoms with van der Waals surface area (Å²) in [6.07, 6.45) is 0. The van der Waals surface area contributed by atoms with E-state index < -0.39 is 0 Å². The van der Waals surface area contributed by atoms with Gasteiger partial charge in [0.15, 0.2) is 0 Å². The van der Waals surface area contributed by atoms with Crippen molar-refractivity contribution in [1.29, 1.82) is 0 Å². The van der Waals surface area contributed by atoms with Crippen molar-refractivity contribution in [2.75, 3.05) is 106 Å². The highest BCUT2D eigenvalue weighted by atomic mass is 16.5. The number of hydrogen-bond donors (Lipinski definition) is 10. The van der Waals surface area contributed by atoms with Gasteiger partial charge in [0.25, 0.3) is 0 Å². The average Bonchev–Trinajstić information content (AvgIpc) is 2.78. The normalized spacial score (nSPS) is 8.90. The van der Waals surface area contributed by atoms with E-state index in [1.165, 1.54) is 0 Å². The monoisotopic (exact) mass is 442 g/mol. The lowest BCUT2D eigenvalue weighted by Crippen LogP contribution is -2.11. The number of ether oxygens (including phenoxy) is 3. The van der Waals surface area contributed by atoms with Gasteiger partial charge in [0, 0.05) is 0 Å². The third-order valence-electron chi connectivity index (χ3n) is 1.62. The minimum absolute atomic E-state index is 0.0413. The van der Waals surface area contributed by atoms with E-state index in [9.17, 15) is 0 Å². The molecule has 184 valence electrons. The van der Waals surface area contributed by atoms with Crippen molar-refractivity contribution in [3.8, 4) is 0 Å². The Balaban J connectivity index is -0.0000000984. The zero-order valence-electron chi connectivity index (χ0n) is 17.0. The molecule has 0 aromatic rings. The first-order valence-electron chi connectivity index (χ1n) is 8.89. The molecular formula is C16H42O13. The molecule has 0 aliphatic carbocycles. The van der Waals surface area contributed by atoms with E-state index in [0.29, 0.717) is 39.6 Å². The molecule has 13 heteroatoms. The smallest absolute Gasteiger partial charge is 0.0701 e. The lowest BCUT2D eigenvalue weighted by molar-refractivity contribution is 0.00230. The Morgan fingerprint density at radius 3 is 0.552 bits per heavy atom. The van der Waals surface area contributed by atoms with E-state index in [4.69, 9.17) is 65.3 Å². The molecular weight excluding hydrogens is 400 g/mol. The van der Waals surface area contributed by atoms with Crippen LogP contribution in [-0.4, -0.2) is 157 Å². The van der Waals surface area contributed by atoms with Gasteiger partial charge in [-0.3, -0.25) is 0 Å². The molecule has 0 atom stereocenters. The molecule has 13 nitrogen and oxygen atoms in total. The fourth-order valence-corrected chi connectivity index (χ4v) is 0.671. The summed E-state index contributed by atoms with van der Waals surface area (Å²) in [7, 11) is 0. The van der Waals surface area contributed by atoms with Gasteiger partial charge in [0.05, 0.1) is 106 Å². The number of aliphatic hydroxyl groups is 10. The summed E-state index contributed by atoms with van der Waals surface area (Å²) in [5.74, 6) is 0. The van der Waals surface area contributed by atoms with Crippen LogP contribution < -0.4 is 0 Å². The van der Waals surface area contributed by atoms with Crippen LogP contribution in [0, 0.1) is 0 Å². The maximum atomic E-state index is 8.36.